The third-order valence-corrected chi connectivity index (χ3v) is 12.8. The van der Waals surface area contributed by atoms with Crippen LogP contribution < -0.4 is 9.80 Å². The molecule has 3 aromatic rings. The largest absolute Gasteiger partial charge is 0.302 e. The average molecular weight is 585 g/mol. The predicted molar refractivity (Wildman–Crippen MR) is 175 cm³/mol. The molecule has 8 aliphatic rings. The number of amides is 2. The summed E-state index contributed by atoms with van der Waals surface area (Å²) in [7, 11) is 0. The molecule has 0 radical (unpaired) electrons. The summed E-state index contributed by atoms with van der Waals surface area (Å²) in [5.41, 5.74) is 3.29. The normalized spacial score (nSPS) is 35.9. The van der Waals surface area contributed by atoms with E-state index in [1.165, 1.54) is 38.5 Å². The highest BCUT2D eigenvalue weighted by Gasteiger charge is 2.57. The van der Waals surface area contributed by atoms with Gasteiger partial charge in [0, 0.05) is 33.6 Å². The molecule has 0 saturated heterocycles. The molecule has 0 N–H and O–H groups in total. The first-order valence-corrected chi connectivity index (χ1v) is 17.4. The highest BCUT2D eigenvalue weighted by atomic mass is 16.2. The molecule has 44 heavy (non-hydrogen) atoms. The van der Waals surface area contributed by atoms with Crippen molar-refractivity contribution in [2.24, 2.45) is 35.5 Å². The minimum atomic E-state index is -0.108. The molecule has 2 amide bonds. The molecule has 0 spiro atoms. The number of hydrogen-bond acceptors (Lipinski definition) is 2. The fraction of sp³-hybridized carbons (Fsp3) is 0.500. The van der Waals surface area contributed by atoms with Gasteiger partial charge in [-0.3, -0.25) is 9.59 Å². The van der Waals surface area contributed by atoms with Crippen LogP contribution in [0.25, 0.3) is 0 Å². The summed E-state index contributed by atoms with van der Waals surface area (Å²) in [5.74, 6) is 4.67. The van der Waals surface area contributed by atoms with Crippen molar-refractivity contribution in [2.75, 3.05) is 9.80 Å². The van der Waals surface area contributed by atoms with Gasteiger partial charge in [-0.25, -0.2) is 0 Å². The molecule has 3 aromatic carbocycles. The molecule has 4 nitrogen and oxygen atoms in total. The molecular weight excluding hydrogens is 540 g/mol. The lowest BCUT2D eigenvalue weighted by molar-refractivity contribution is -0.00369. The summed E-state index contributed by atoms with van der Waals surface area (Å²) >= 11 is 0. The van der Waals surface area contributed by atoms with Gasteiger partial charge in [-0.2, -0.15) is 0 Å². The maximum Gasteiger partial charge on any atom is 0.258 e. The van der Waals surface area contributed by atoms with Gasteiger partial charge in [0.2, 0.25) is 0 Å². The van der Waals surface area contributed by atoms with Crippen molar-refractivity contribution < 1.29 is 9.59 Å². The highest BCUT2D eigenvalue weighted by Crippen LogP contribution is 2.60. The van der Waals surface area contributed by atoms with Crippen molar-refractivity contribution in [1.29, 1.82) is 0 Å². The number of carbonyl (C=O) groups is 2. The lowest BCUT2D eigenvalue weighted by atomic mass is 9.52. The van der Waals surface area contributed by atoms with E-state index in [0.29, 0.717) is 0 Å². The van der Waals surface area contributed by atoms with Gasteiger partial charge < -0.3 is 9.80 Å². The topological polar surface area (TPSA) is 40.6 Å². The summed E-state index contributed by atoms with van der Waals surface area (Å²) in [6.45, 7) is 0. The monoisotopic (exact) mass is 584 g/mol. The van der Waals surface area contributed by atoms with Crippen LogP contribution in [0.15, 0.2) is 84.9 Å². The molecule has 8 fully saturated rings. The van der Waals surface area contributed by atoms with E-state index in [2.05, 4.69) is 34.1 Å². The lowest BCUT2D eigenvalue weighted by Crippen LogP contribution is -2.62. The maximum atomic E-state index is 14.5. The Morgan fingerprint density at radius 1 is 0.432 bits per heavy atom. The van der Waals surface area contributed by atoms with Crippen molar-refractivity contribution in [2.45, 2.75) is 88.1 Å². The van der Waals surface area contributed by atoms with Crippen molar-refractivity contribution in [3.63, 3.8) is 0 Å². The van der Waals surface area contributed by atoms with E-state index in [0.717, 1.165) is 96.5 Å². The van der Waals surface area contributed by atoms with E-state index in [1.54, 1.807) is 0 Å². The molecule has 226 valence electrons. The minimum Gasteiger partial charge on any atom is -0.302 e. The summed E-state index contributed by atoms with van der Waals surface area (Å²) in [6, 6.07) is 28.4. The van der Waals surface area contributed by atoms with Gasteiger partial charge in [0.1, 0.15) is 0 Å². The third kappa shape index (κ3) is 4.30. The predicted octanol–water partition coefficient (Wildman–Crippen LogP) is 8.92. The van der Waals surface area contributed by atoms with Crippen molar-refractivity contribution >= 4 is 23.2 Å². The van der Waals surface area contributed by atoms with Crippen molar-refractivity contribution in [1.82, 2.24) is 0 Å². The molecule has 0 aromatic heterocycles. The first-order valence-electron chi connectivity index (χ1n) is 17.4. The molecule has 8 saturated carbocycles. The van der Waals surface area contributed by atoms with Crippen LogP contribution in [-0.4, -0.2) is 22.9 Å². The SMILES string of the molecule is O=C(c1ccccc1)N(c1ccc(N(C(=O)c2ccccc2)C23CC4CC(CC(C4)C2)C3)cc1)C12CC3CC(CC(C3)C1)C2. The zero-order chi connectivity index (χ0) is 29.5. The van der Waals surface area contributed by atoms with E-state index in [-0.39, 0.29) is 22.9 Å². The Hall–Kier alpha value is -3.40. The molecule has 8 bridgehead atoms. The van der Waals surface area contributed by atoms with Gasteiger partial charge in [0.15, 0.2) is 0 Å². The summed E-state index contributed by atoms with van der Waals surface area (Å²) in [4.78, 5) is 33.4. The quantitative estimate of drug-likeness (QED) is 0.290. The Morgan fingerprint density at radius 2 is 0.705 bits per heavy atom. The smallest absolute Gasteiger partial charge is 0.258 e. The standard InChI is InChI=1S/C40H44N2O2/c43-37(33-7-3-1-4-8-33)41(39-21-27-15-28(22-39)17-29(16-27)23-39)35-11-13-36(14-12-35)42(38(44)34-9-5-2-6-10-34)40-24-30-18-31(25-40)20-32(19-30)26-40/h1-14,27-32H,15-26H2. The van der Waals surface area contributed by atoms with E-state index in [9.17, 15) is 9.59 Å². The van der Waals surface area contributed by atoms with Crippen molar-refractivity contribution in [3.05, 3.63) is 96.1 Å². The molecule has 8 aliphatic carbocycles. The summed E-state index contributed by atoms with van der Waals surface area (Å²) in [6.07, 6.45) is 14.7. The van der Waals surface area contributed by atoms with Gasteiger partial charge in [-0.1, -0.05) is 36.4 Å². The third-order valence-electron chi connectivity index (χ3n) is 12.8. The van der Waals surface area contributed by atoms with Crippen LogP contribution in [0.3, 0.4) is 0 Å². The van der Waals surface area contributed by atoms with E-state index in [1.807, 2.05) is 60.7 Å². The molecule has 0 heterocycles. The van der Waals surface area contributed by atoms with Gasteiger partial charge in [-0.15, -0.1) is 0 Å². The van der Waals surface area contributed by atoms with Gasteiger partial charge in [-0.05, 0) is 161 Å². The van der Waals surface area contributed by atoms with Crippen LogP contribution in [0.1, 0.15) is 97.8 Å². The zero-order valence-electron chi connectivity index (χ0n) is 25.7. The van der Waals surface area contributed by atoms with E-state index in [4.69, 9.17) is 0 Å². The molecular formula is C40H44N2O2. The summed E-state index contributed by atoms with van der Waals surface area (Å²) in [5, 5.41) is 0. The van der Waals surface area contributed by atoms with Gasteiger partial charge in [0.05, 0.1) is 0 Å². The number of benzene rings is 3. The zero-order valence-corrected chi connectivity index (χ0v) is 25.7. The van der Waals surface area contributed by atoms with Gasteiger partial charge in [0.25, 0.3) is 11.8 Å². The average Bonchev–Trinajstić information content (AvgIpc) is 3.01. The second kappa shape index (κ2) is 10.1. The molecule has 4 heteroatoms. The summed E-state index contributed by atoms with van der Waals surface area (Å²) < 4.78 is 0. The Balaban J connectivity index is 1.12. The molecule has 0 atom stereocenters. The molecule has 0 unspecified atom stereocenters. The van der Waals surface area contributed by atoms with Crippen LogP contribution >= 0.6 is 0 Å². The number of carbonyl (C=O) groups excluding carboxylic acids is 2. The van der Waals surface area contributed by atoms with Crippen LogP contribution in [0, 0.1) is 35.5 Å². The fourth-order valence-corrected chi connectivity index (χ4v) is 12.1. The molecule has 0 aliphatic heterocycles. The molecule has 11 rings (SSSR count). The van der Waals surface area contributed by atoms with E-state index >= 15 is 0 Å². The van der Waals surface area contributed by atoms with E-state index < -0.39 is 0 Å². The Morgan fingerprint density at radius 3 is 0.977 bits per heavy atom. The Labute approximate surface area is 261 Å². The van der Waals surface area contributed by atoms with Crippen LogP contribution in [0.2, 0.25) is 0 Å². The Bertz CT molecular complexity index is 1370. The van der Waals surface area contributed by atoms with Crippen molar-refractivity contribution in [3.8, 4) is 0 Å². The number of hydrogen-bond donors (Lipinski definition) is 0. The second-order valence-corrected chi connectivity index (χ2v) is 15.8. The highest BCUT2D eigenvalue weighted by molar-refractivity contribution is 6.09. The second-order valence-electron chi connectivity index (χ2n) is 15.8. The fourth-order valence-electron chi connectivity index (χ4n) is 12.1. The number of rotatable bonds is 6. The number of nitrogens with zero attached hydrogens (tertiary/aromatic N) is 2. The lowest BCUT2D eigenvalue weighted by Gasteiger charge is -2.60. The van der Waals surface area contributed by atoms with Crippen LogP contribution in [0.5, 0.6) is 0 Å². The maximum absolute atomic E-state index is 14.5. The van der Waals surface area contributed by atoms with Gasteiger partial charge >= 0.3 is 0 Å². The minimum absolute atomic E-state index is 0.108. The number of anilines is 2. The Kier molecular flexibility index (Phi) is 6.16. The first kappa shape index (κ1) is 27.0. The first-order chi connectivity index (χ1) is 21.5. The van der Waals surface area contributed by atoms with Crippen LogP contribution in [-0.2, 0) is 0 Å². The van der Waals surface area contributed by atoms with Crippen LogP contribution in [0.4, 0.5) is 11.4 Å².